The van der Waals surface area contributed by atoms with Gasteiger partial charge in [0.25, 0.3) is 5.78 Å². The maximum absolute atomic E-state index is 13.3. The first kappa shape index (κ1) is 26.8. The van der Waals surface area contributed by atoms with Crippen LogP contribution in [0.4, 0.5) is 13.2 Å². The molecule has 0 fully saturated rings. The molecule has 34 heavy (non-hydrogen) atoms. The lowest BCUT2D eigenvalue weighted by atomic mass is 10.1. The molecule has 1 heterocycles. The highest BCUT2D eigenvalue weighted by Gasteiger charge is 2.43. The van der Waals surface area contributed by atoms with Gasteiger partial charge in [-0.25, -0.2) is 4.79 Å². The molecule has 0 unspecified atom stereocenters. The van der Waals surface area contributed by atoms with E-state index in [4.69, 9.17) is 9.47 Å². The van der Waals surface area contributed by atoms with Gasteiger partial charge in [0, 0.05) is 43.5 Å². The second-order valence-corrected chi connectivity index (χ2v) is 7.34. The lowest BCUT2D eigenvalue weighted by Gasteiger charge is -2.21. The van der Waals surface area contributed by atoms with E-state index in [1.807, 2.05) is 35.2 Å². The molecule has 0 aliphatic heterocycles. The van der Waals surface area contributed by atoms with Crippen molar-refractivity contribution in [1.29, 1.82) is 0 Å². The lowest BCUT2D eigenvalue weighted by Crippen LogP contribution is -2.26. The average molecular weight is 479 g/mol. The van der Waals surface area contributed by atoms with Crippen molar-refractivity contribution in [2.75, 3.05) is 19.8 Å². The van der Waals surface area contributed by atoms with E-state index in [2.05, 4.69) is 6.58 Å². The fraction of sp³-hybridized carbons (Fsp3) is 0.360. The molecule has 0 spiro atoms. The molecule has 0 amide bonds. The van der Waals surface area contributed by atoms with E-state index in [1.54, 1.807) is 20.0 Å². The number of aromatic nitrogens is 1. The predicted molar refractivity (Wildman–Crippen MR) is 123 cm³/mol. The zero-order valence-corrected chi connectivity index (χ0v) is 19.5. The number of alkyl halides is 3. The van der Waals surface area contributed by atoms with E-state index in [0.717, 1.165) is 10.1 Å². The Morgan fingerprint density at radius 1 is 1.15 bits per heavy atom. The molecule has 0 radical (unpaired) electrons. The number of esters is 1. The maximum atomic E-state index is 13.3. The molecular weight excluding hydrogens is 449 g/mol. The quantitative estimate of drug-likeness (QED) is 0.240. The standard InChI is InChI=1S/C25H29F3N2O4/c1-5-30-20(23(34-7-3)18(4)22(30)24(32)25(26,27)28)13-15-29(16-14-21(31)33-6-2)17-19-11-9-8-10-12-19/h5,8-12,14,16H,1,6-7,13,15,17H2,2-4H3. The fourth-order valence-electron chi connectivity index (χ4n) is 3.56. The van der Waals surface area contributed by atoms with Crippen molar-refractivity contribution in [3.63, 3.8) is 0 Å². The van der Waals surface area contributed by atoms with Gasteiger partial charge in [-0.2, -0.15) is 13.2 Å². The van der Waals surface area contributed by atoms with Crippen LogP contribution in [0.25, 0.3) is 6.20 Å². The third kappa shape index (κ3) is 6.76. The molecule has 184 valence electrons. The van der Waals surface area contributed by atoms with Crippen LogP contribution >= 0.6 is 0 Å². The van der Waals surface area contributed by atoms with Crippen molar-refractivity contribution < 1.29 is 32.2 Å². The Labute approximate surface area is 197 Å². The first-order chi connectivity index (χ1) is 16.1. The normalized spacial score (nSPS) is 11.5. The van der Waals surface area contributed by atoms with Gasteiger partial charge < -0.3 is 18.9 Å². The van der Waals surface area contributed by atoms with E-state index in [-0.39, 0.29) is 30.9 Å². The zero-order valence-electron chi connectivity index (χ0n) is 19.5. The van der Waals surface area contributed by atoms with Crippen molar-refractivity contribution in [3.05, 3.63) is 71.7 Å². The number of ether oxygens (including phenoxy) is 2. The summed E-state index contributed by atoms with van der Waals surface area (Å²) >= 11 is 0. The van der Waals surface area contributed by atoms with Crippen LogP contribution < -0.4 is 4.74 Å². The minimum Gasteiger partial charge on any atom is -0.492 e. The SMILES string of the molecule is C=Cn1c(CCN(C=CC(=O)OCC)Cc2ccccc2)c(OCC)c(C)c1C(=O)C(F)(F)F. The molecule has 0 bridgehead atoms. The molecule has 1 aromatic heterocycles. The van der Waals surface area contributed by atoms with E-state index in [9.17, 15) is 22.8 Å². The maximum Gasteiger partial charge on any atom is 0.456 e. The number of ketones is 1. The Bertz CT molecular complexity index is 1030. The van der Waals surface area contributed by atoms with E-state index < -0.39 is 23.6 Å². The van der Waals surface area contributed by atoms with Crippen LogP contribution in [0.5, 0.6) is 5.75 Å². The van der Waals surface area contributed by atoms with Crippen LogP contribution in [0.3, 0.4) is 0 Å². The number of carbonyl (C=O) groups excluding carboxylic acids is 2. The Kier molecular flexibility index (Phi) is 9.53. The third-order valence-electron chi connectivity index (χ3n) is 5.01. The van der Waals surface area contributed by atoms with Crippen LogP contribution in [0.15, 0.2) is 49.2 Å². The summed E-state index contributed by atoms with van der Waals surface area (Å²) in [4.78, 5) is 25.8. The van der Waals surface area contributed by atoms with Gasteiger partial charge in [0.2, 0.25) is 0 Å². The van der Waals surface area contributed by atoms with Crippen molar-refractivity contribution in [1.82, 2.24) is 9.47 Å². The Morgan fingerprint density at radius 3 is 2.38 bits per heavy atom. The summed E-state index contributed by atoms with van der Waals surface area (Å²) < 4.78 is 51.5. The summed E-state index contributed by atoms with van der Waals surface area (Å²) in [6.07, 6.45) is -0.743. The van der Waals surface area contributed by atoms with Gasteiger partial charge in [-0.15, -0.1) is 0 Å². The number of nitrogens with zero attached hydrogens (tertiary/aromatic N) is 2. The predicted octanol–water partition coefficient (Wildman–Crippen LogP) is 5.16. The minimum atomic E-state index is -5.04. The number of halogens is 3. The van der Waals surface area contributed by atoms with Gasteiger partial charge in [-0.05, 0) is 26.3 Å². The van der Waals surface area contributed by atoms with Crippen molar-refractivity contribution in [2.24, 2.45) is 0 Å². The Morgan fingerprint density at radius 2 is 1.82 bits per heavy atom. The Hall–Kier alpha value is -3.49. The molecule has 0 aliphatic carbocycles. The zero-order chi connectivity index (χ0) is 25.3. The first-order valence-electron chi connectivity index (χ1n) is 10.9. The van der Waals surface area contributed by atoms with Crippen LogP contribution in [0.1, 0.15) is 41.2 Å². The number of Topliss-reactive ketones (excluding diaryl/α,β-unsaturated/α-hetero) is 1. The summed E-state index contributed by atoms with van der Waals surface area (Å²) in [7, 11) is 0. The second kappa shape index (κ2) is 12.1. The summed E-state index contributed by atoms with van der Waals surface area (Å²) in [5.41, 5.74) is 0.960. The van der Waals surface area contributed by atoms with E-state index >= 15 is 0 Å². The molecule has 6 nitrogen and oxygen atoms in total. The highest BCUT2D eigenvalue weighted by atomic mass is 19.4. The van der Waals surface area contributed by atoms with E-state index in [1.165, 1.54) is 19.2 Å². The first-order valence-corrected chi connectivity index (χ1v) is 10.9. The molecule has 2 rings (SSSR count). The van der Waals surface area contributed by atoms with Gasteiger partial charge in [0.15, 0.2) is 0 Å². The van der Waals surface area contributed by atoms with Crippen molar-refractivity contribution in [2.45, 2.75) is 39.9 Å². The molecule has 0 aliphatic rings. The summed E-state index contributed by atoms with van der Waals surface area (Å²) in [5, 5.41) is 0. The summed E-state index contributed by atoms with van der Waals surface area (Å²) in [6, 6.07) is 9.50. The highest BCUT2D eigenvalue weighted by Crippen LogP contribution is 2.35. The van der Waals surface area contributed by atoms with Gasteiger partial charge >= 0.3 is 12.1 Å². The molecular formula is C25H29F3N2O4. The lowest BCUT2D eigenvalue weighted by molar-refractivity contribution is -0.137. The van der Waals surface area contributed by atoms with Crippen molar-refractivity contribution >= 4 is 18.0 Å². The molecule has 0 atom stereocenters. The Balaban J connectivity index is 2.41. The topological polar surface area (TPSA) is 60.8 Å². The number of benzene rings is 1. The van der Waals surface area contributed by atoms with Crippen LogP contribution in [-0.4, -0.2) is 47.2 Å². The smallest absolute Gasteiger partial charge is 0.456 e. The van der Waals surface area contributed by atoms with Crippen LogP contribution in [0, 0.1) is 6.92 Å². The summed E-state index contributed by atoms with van der Waals surface area (Å²) in [5.74, 6) is -2.23. The molecule has 0 saturated heterocycles. The van der Waals surface area contributed by atoms with Gasteiger partial charge in [-0.3, -0.25) is 4.79 Å². The number of rotatable bonds is 12. The second-order valence-electron chi connectivity index (χ2n) is 7.34. The van der Waals surface area contributed by atoms with Crippen molar-refractivity contribution in [3.8, 4) is 5.75 Å². The van der Waals surface area contributed by atoms with Crippen LogP contribution in [-0.2, 0) is 22.5 Å². The van der Waals surface area contributed by atoms with Crippen LogP contribution in [0.2, 0.25) is 0 Å². The van der Waals surface area contributed by atoms with E-state index in [0.29, 0.717) is 18.8 Å². The number of hydrogen-bond acceptors (Lipinski definition) is 5. The van der Waals surface area contributed by atoms with Gasteiger partial charge in [-0.1, -0.05) is 36.9 Å². The molecule has 0 N–H and O–H groups in total. The fourth-order valence-corrected chi connectivity index (χ4v) is 3.56. The van der Waals surface area contributed by atoms with Gasteiger partial charge in [0.05, 0.1) is 18.9 Å². The third-order valence-corrected chi connectivity index (χ3v) is 5.01. The summed E-state index contributed by atoms with van der Waals surface area (Å²) in [6.45, 7) is 9.67. The minimum absolute atomic E-state index is 0.107. The molecule has 1 aromatic carbocycles. The average Bonchev–Trinajstić information content (AvgIpc) is 3.06. The monoisotopic (exact) mass is 478 g/mol. The van der Waals surface area contributed by atoms with Gasteiger partial charge in [0.1, 0.15) is 11.4 Å². The highest BCUT2D eigenvalue weighted by molar-refractivity contribution is 6.01. The molecule has 0 saturated carbocycles. The number of hydrogen-bond donors (Lipinski definition) is 0. The molecule has 2 aromatic rings. The largest absolute Gasteiger partial charge is 0.492 e. The molecule has 9 heteroatoms. The number of carbonyl (C=O) groups is 2.